The first-order valence-corrected chi connectivity index (χ1v) is 11.7. The number of thiazole rings is 1. The van der Waals surface area contributed by atoms with Crippen LogP contribution < -0.4 is 15.4 Å². The van der Waals surface area contributed by atoms with Crippen molar-refractivity contribution in [3.05, 3.63) is 52.3 Å². The quantitative estimate of drug-likeness (QED) is 0.408. The minimum absolute atomic E-state index is 0.0235. The molecule has 0 atom stereocenters. The molecule has 0 spiro atoms. The van der Waals surface area contributed by atoms with E-state index in [1.165, 1.54) is 0 Å². The van der Waals surface area contributed by atoms with Gasteiger partial charge in [-0.05, 0) is 36.1 Å². The van der Waals surface area contributed by atoms with E-state index in [-0.39, 0.29) is 24.3 Å². The van der Waals surface area contributed by atoms with E-state index in [9.17, 15) is 9.59 Å². The fourth-order valence-electron chi connectivity index (χ4n) is 3.09. The molecule has 31 heavy (non-hydrogen) atoms. The summed E-state index contributed by atoms with van der Waals surface area (Å²) in [4.78, 5) is 28.7. The summed E-state index contributed by atoms with van der Waals surface area (Å²) >= 11 is 3.25. The Morgan fingerprint density at radius 2 is 1.94 bits per heavy atom. The summed E-state index contributed by atoms with van der Waals surface area (Å²) in [5, 5.41) is 9.72. The molecule has 8 heteroatoms. The van der Waals surface area contributed by atoms with E-state index in [1.807, 2.05) is 62.5 Å². The summed E-state index contributed by atoms with van der Waals surface area (Å²) in [5.41, 5.74) is 2.68. The number of ether oxygens (including phenoxy) is 1. The fourth-order valence-corrected chi connectivity index (χ4v) is 4.93. The highest BCUT2D eigenvalue weighted by Gasteiger charge is 2.14. The predicted octanol–water partition coefficient (Wildman–Crippen LogP) is 5.11. The summed E-state index contributed by atoms with van der Waals surface area (Å²) in [7, 11) is 0. The molecular formula is C23H23N3O3S2. The maximum absolute atomic E-state index is 12.3. The van der Waals surface area contributed by atoms with Gasteiger partial charge in [0.05, 0.1) is 19.9 Å². The zero-order chi connectivity index (χ0) is 22.0. The summed E-state index contributed by atoms with van der Waals surface area (Å²) in [6.07, 6.45) is 0. The van der Waals surface area contributed by atoms with Gasteiger partial charge in [0.1, 0.15) is 5.75 Å². The molecule has 0 bridgehead atoms. The van der Waals surface area contributed by atoms with Gasteiger partial charge in [-0.25, -0.2) is 4.98 Å². The Kier molecular flexibility index (Phi) is 6.20. The van der Waals surface area contributed by atoms with Crippen molar-refractivity contribution >= 4 is 60.5 Å². The Labute approximate surface area is 188 Å². The predicted molar refractivity (Wildman–Crippen MR) is 127 cm³/mol. The molecule has 2 amide bonds. The van der Waals surface area contributed by atoms with Crippen LogP contribution in [0.15, 0.2) is 41.8 Å². The number of carbonyl (C=O) groups excluding carboxylic acids is 2. The third kappa shape index (κ3) is 4.86. The second-order valence-corrected chi connectivity index (χ2v) is 9.67. The Hall–Kier alpha value is -2.97. The van der Waals surface area contributed by atoms with Crippen molar-refractivity contribution < 1.29 is 14.3 Å². The molecule has 0 fully saturated rings. The molecule has 2 N–H and O–H groups in total. The van der Waals surface area contributed by atoms with Crippen LogP contribution in [-0.2, 0) is 16.1 Å². The van der Waals surface area contributed by atoms with Gasteiger partial charge in [0.2, 0.25) is 5.91 Å². The Bertz CT molecular complexity index is 1240. The first-order chi connectivity index (χ1) is 14.9. The molecular weight excluding hydrogens is 430 g/mol. The summed E-state index contributed by atoms with van der Waals surface area (Å²) < 4.78 is 8.00. The number of rotatable bonds is 7. The van der Waals surface area contributed by atoms with Crippen LogP contribution in [0.4, 0.5) is 5.69 Å². The van der Waals surface area contributed by atoms with E-state index < -0.39 is 0 Å². The second kappa shape index (κ2) is 9.03. The van der Waals surface area contributed by atoms with Crippen LogP contribution in [0.2, 0.25) is 0 Å². The van der Waals surface area contributed by atoms with Gasteiger partial charge in [0, 0.05) is 29.6 Å². The van der Waals surface area contributed by atoms with Crippen molar-refractivity contribution in [3.63, 3.8) is 0 Å². The van der Waals surface area contributed by atoms with Crippen molar-refractivity contribution in [2.75, 3.05) is 11.9 Å². The molecule has 4 rings (SSSR count). The molecule has 0 aliphatic carbocycles. The first-order valence-electron chi connectivity index (χ1n) is 9.97. The van der Waals surface area contributed by atoms with Crippen LogP contribution >= 0.6 is 22.7 Å². The normalized spacial score (nSPS) is 11.2. The smallest absolute Gasteiger partial charge is 0.258 e. The molecule has 0 aliphatic rings. The number of aromatic nitrogens is 1. The summed E-state index contributed by atoms with van der Waals surface area (Å²) in [6.45, 7) is 6.02. The van der Waals surface area contributed by atoms with Crippen molar-refractivity contribution in [1.29, 1.82) is 0 Å². The highest BCUT2D eigenvalue weighted by atomic mass is 32.1. The van der Waals surface area contributed by atoms with Crippen molar-refractivity contribution in [1.82, 2.24) is 10.3 Å². The number of nitrogens with one attached hydrogen (secondary N) is 2. The third-order valence-electron chi connectivity index (χ3n) is 4.76. The molecule has 2 aromatic heterocycles. The van der Waals surface area contributed by atoms with Gasteiger partial charge in [-0.15, -0.1) is 22.7 Å². The fraction of sp³-hybridized carbons (Fsp3) is 0.261. The average Bonchev–Trinajstić information content (AvgIpc) is 3.37. The summed E-state index contributed by atoms with van der Waals surface area (Å²) in [6, 6.07) is 11.4. The molecule has 0 saturated carbocycles. The van der Waals surface area contributed by atoms with E-state index >= 15 is 0 Å². The first kappa shape index (κ1) is 21.3. The lowest BCUT2D eigenvalue weighted by molar-refractivity contribution is -0.123. The Morgan fingerprint density at radius 1 is 1.16 bits per heavy atom. The SMILES string of the molecule is Cc1nc2c(cc(OCC(=O)NCc3ccc(NC(=O)C(C)C)cc3)c3ccsc32)s1. The largest absolute Gasteiger partial charge is 0.483 e. The molecule has 160 valence electrons. The second-order valence-electron chi connectivity index (χ2n) is 7.52. The molecule has 0 radical (unpaired) electrons. The molecule has 0 unspecified atom stereocenters. The lowest BCUT2D eigenvalue weighted by atomic mass is 10.1. The van der Waals surface area contributed by atoms with E-state index in [0.29, 0.717) is 12.3 Å². The van der Waals surface area contributed by atoms with Crippen LogP contribution in [0.25, 0.3) is 20.3 Å². The zero-order valence-electron chi connectivity index (χ0n) is 17.5. The van der Waals surface area contributed by atoms with E-state index in [2.05, 4.69) is 15.6 Å². The van der Waals surface area contributed by atoms with Gasteiger partial charge in [-0.1, -0.05) is 26.0 Å². The van der Waals surface area contributed by atoms with Crippen LogP contribution in [0.1, 0.15) is 24.4 Å². The molecule has 4 aromatic rings. The number of aryl methyl sites for hydroxylation is 1. The van der Waals surface area contributed by atoms with E-state index in [1.54, 1.807) is 22.7 Å². The van der Waals surface area contributed by atoms with Gasteiger partial charge < -0.3 is 15.4 Å². The molecule has 6 nitrogen and oxygen atoms in total. The number of carbonyl (C=O) groups is 2. The lowest BCUT2D eigenvalue weighted by Gasteiger charge is -2.10. The van der Waals surface area contributed by atoms with E-state index in [4.69, 9.17) is 4.74 Å². The minimum atomic E-state index is -0.193. The van der Waals surface area contributed by atoms with Gasteiger partial charge in [0.25, 0.3) is 5.91 Å². The Balaban J connectivity index is 1.34. The maximum atomic E-state index is 12.3. The van der Waals surface area contributed by atoms with Gasteiger partial charge in [-0.3, -0.25) is 9.59 Å². The van der Waals surface area contributed by atoms with E-state index in [0.717, 1.165) is 36.6 Å². The number of nitrogens with zero attached hydrogens (tertiary/aromatic N) is 1. The van der Waals surface area contributed by atoms with Gasteiger partial charge in [-0.2, -0.15) is 0 Å². The van der Waals surface area contributed by atoms with Gasteiger partial charge >= 0.3 is 0 Å². The monoisotopic (exact) mass is 453 g/mol. The third-order valence-corrected chi connectivity index (χ3v) is 6.60. The number of anilines is 1. The minimum Gasteiger partial charge on any atom is -0.483 e. The maximum Gasteiger partial charge on any atom is 0.258 e. The van der Waals surface area contributed by atoms with Crippen LogP contribution in [0, 0.1) is 12.8 Å². The van der Waals surface area contributed by atoms with Crippen LogP contribution in [-0.4, -0.2) is 23.4 Å². The molecule has 2 aromatic carbocycles. The zero-order valence-corrected chi connectivity index (χ0v) is 19.2. The number of fused-ring (bicyclic) bond motifs is 3. The lowest BCUT2D eigenvalue weighted by Crippen LogP contribution is -2.28. The van der Waals surface area contributed by atoms with Crippen LogP contribution in [0.5, 0.6) is 5.75 Å². The molecule has 0 aliphatic heterocycles. The number of thiophene rings is 1. The molecule has 0 saturated heterocycles. The van der Waals surface area contributed by atoms with Crippen LogP contribution in [0.3, 0.4) is 0 Å². The molecule has 2 heterocycles. The van der Waals surface area contributed by atoms with Gasteiger partial charge in [0.15, 0.2) is 6.61 Å². The topological polar surface area (TPSA) is 80.3 Å². The highest BCUT2D eigenvalue weighted by molar-refractivity contribution is 7.21. The average molecular weight is 454 g/mol. The highest BCUT2D eigenvalue weighted by Crippen LogP contribution is 2.38. The van der Waals surface area contributed by atoms with Crippen molar-refractivity contribution in [3.8, 4) is 5.75 Å². The number of benzene rings is 2. The number of amides is 2. The number of hydrogen-bond acceptors (Lipinski definition) is 6. The Morgan fingerprint density at radius 3 is 2.68 bits per heavy atom. The summed E-state index contributed by atoms with van der Waals surface area (Å²) in [5.74, 6) is 0.411. The standard InChI is InChI=1S/C23H23N3O3S2/c1-13(2)23(28)26-16-6-4-15(5-7-16)11-24-20(27)12-29-18-10-19-21(25-14(3)31-19)22-17(18)8-9-30-22/h4-10,13H,11-12H2,1-3H3,(H,24,27)(H,26,28). The van der Waals surface area contributed by atoms with Crippen molar-refractivity contribution in [2.45, 2.75) is 27.3 Å². The van der Waals surface area contributed by atoms with Crippen molar-refractivity contribution in [2.24, 2.45) is 5.92 Å². The number of hydrogen-bond donors (Lipinski definition) is 2.